The molecule has 0 aliphatic heterocycles. The fourth-order valence-corrected chi connectivity index (χ4v) is 1.53. The van der Waals surface area contributed by atoms with Crippen molar-refractivity contribution in [1.82, 2.24) is 4.90 Å². The summed E-state index contributed by atoms with van der Waals surface area (Å²) in [6, 6.07) is 1.86. The van der Waals surface area contributed by atoms with Crippen LogP contribution in [0.15, 0.2) is 0 Å². The molecule has 0 radical (unpaired) electrons. The summed E-state index contributed by atoms with van der Waals surface area (Å²) in [6.07, 6.45) is 0. The molecule has 1 amide bonds. The molecule has 0 spiro atoms. The Kier molecular flexibility index (Phi) is 7.03. The van der Waals surface area contributed by atoms with E-state index in [0.717, 1.165) is 0 Å². The van der Waals surface area contributed by atoms with Crippen molar-refractivity contribution < 1.29 is 14.3 Å². The molecule has 5 nitrogen and oxygen atoms in total. The topological polar surface area (TPSA) is 70.4 Å². The molecule has 0 aromatic heterocycles. The van der Waals surface area contributed by atoms with Crippen molar-refractivity contribution >= 4 is 11.9 Å². The fourth-order valence-electron chi connectivity index (χ4n) is 1.53. The van der Waals surface area contributed by atoms with Crippen LogP contribution in [0.4, 0.5) is 0 Å². The first-order valence-corrected chi connectivity index (χ1v) is 6.20. The van der Waals surface area contributed by atoms with Crippen molar-refractivity contribution in [3.05, 3.63) is 0 Å². The molecule has 0 fully saturated rings. The highest BCUT2D eigenvalue weighted by Crippen LogP contribution is 2.15. The van der Waals surface area contributed by atoms with E-state index in [0.29, 0.717) is 0 Å². The second-order valence-corrected chi connectivity index (χ2v) is 4.72. The van der Waals surface area contributed by atoms with Gasteiger partial charge in [0.25, 0.3) is 0 Å². The predicted molar refractivity (Wildman–Crippen MR) is 67.4 cm³/mol. The molecule has 5 heteroatoms. The van der Waals surface area contributed by atoms with Gasteiger partial charge in [-0.3, -0.25) is 9.59 Å². The van der Waals surface area contributed by atoms with Crippen LogP contribution in [-0.4, -0.2) is 36.0 Å². The van der Waals surface area contributed by atoms with E-state index < -0.39 is 11.9 Å². The third kappa shape index (κ3) is 4.74. The van der Waals surface area contributed by atoms with E-state index in [-0.39, 0.29) is 31.0 Å². The molecule has 1 atom stereocenters. The SMILES string of the molecule is CCOC(=O)CN(C(=O)C(C#N)C(C)C)C(C)C. The number of hydrogen-bond acceptors (Lipinski definition) is 4. The summed E-state index contributed by atoms with van der Waals surface area (Å²) in [4.78, 5) is 25.0. The molecule has 0 N–H and O–H groups in total. The lowest BCUT2D eigenvalue weighted by atomic mass is 9.95. The molecule has 102 valence electrons. The molecule has 0 heterocycles. The summed E-state index contributed by atoms with van der Waals surface area (Å²) in [5, 5.41) is 9.02. The Morgan fingerprint density at radius 1 is 1.28 bits per heavy atom. The van der Waals surface area contributed by atoms with Gasteiger partial charge in [0, 0.05) is 6.04 Å². The van der Waals surface area contributed by atoms with Crippen LogP contribution in [-0.2, 0) is 14.3 Å². The largest absolute Gasteiger partial charge is 0.465 e. The summed E-state index contributed by atoms with van der Waals surface area (Å²) >= 11 is 0. The highest BCUT2D eigenvalue weighted by atomic mass is 16.5. The number of ether oxygens (including phenoxy) is 1. The highest BCUT2D eigenvalue weighted by molar-refractivity contribution is 5.85. The van der Waals surface area contributed by atoms with Gasteiger partial charge in [-0.05, 0) is 26.7 Å². The van der Waals surface area contributed by atoms with E-state index >= 15 is 0 Å². The zero-order valence-electron chi connectivity index (χ0n) is 11.8. The lowest BCUT2D eigenvalue weighted by Crippen LogP contribution is -2.45. The zero-order valence-corrected chi connectivity index (χ0v) is 11.8. The van der Waals surface area contributed by atoms with Crippen LogP contribution in [0.1, 0.15) is 34.6 Å². The van der Waals surface area contributed by atoms with Crippen LogP contribution < -0.4 is 0 Å². The lowest BCUT2D eigenvalue weighted by Gasteiger charge is -2.28. The number of amides is 1. The van der Waals surface area contributed by atoms with Gasteiger partial charge in [0.15, 0.2) is 0 Å². The van der Waals surface area contributed by atoms with Crippen molar-refractivity contribution in [3.8, 4) is 6.07 Å². The van der Waals surface area contributed by atoms with Crippen LogP contribution >= 0.6 is 0 Å². The van der Waals surface area contributed by atoms with Crippen molar-refractivity contribution in [2.24, 2.45) is 11.8 Å². The average Bonchev–Trinajstić information content (AvgIpc) is 2.26. The van der Waals surface area contributed by atoms with Crippen molar-refractivity contribution in [3.63, 3.8) is 0 Å². The Morgan fingerprint density at radius 3 is 2.17 bits per heavy atom. The van der Waals surface area contributed by atoms with Gasteiger partial charge < -0.3 is 9.64 Å². The van der Waals surface area contributed by atoms with Gasteiger partial charge in [-0.15, -0.1) is 0 Å². The van der Waals surface area contributed by atoms with E-state index in [1.807, 2.05) is 33.8 Å². The summed E-state index contributed by atoms with van der Waals surface area (Å²) < 4.78 is 4.83. The van der Waals surface area contributed by atoms with Crippen molar-refractivity contribution in [2.75, 3.05) is 13.2 Å². The van der Waals surface area contributed by atoms with Crippen LogP contribution in [0.25, 0.3) is 0 Å². The first-order valence-electron chi connectivity index (χ1n) is 6.20. The molecular formula is C13H22N2O3. The third-order valence-corrected chi connectivity index (χ3v) is 2.58. The van der Waals surface area contributed by atoms with Gasteiger partial charge in [0.1, 0.15) is 12.5 Å². The number of rotatable bonds is 6. The second-order valence-electron chi connectivity index (χ2n) is 4.72. The molecule has 0 rings (SSSR count). The maximum absolute atomic E-state index is 12.2. The van der Waals surface area contributed by atoms with Gasteiger partial charge in [0.2, 0.25) is 5.91 Å². The summed E-state index contributed by atoms with van der Waals surface area (Å²) in [5.74, 6) is -1.55. The van der Waals surface area contributed by atoms with E-state index in [1.165, 1.54) is 4.90 Å². The molecule has 0 bridgehead atoms. The van der Waals surface area contributed by atoms with E-state index in [1.54, 1.807) is 6.92 Å². The minimum Gasteiger partial charge on any atom is -0.465 e. The van der Waals surface area contributed by atoms with Crippen LogP contribution in [0.2, 0.25) is 0 Å². The average molecular weight is 254 g/mol. The Balaban J connectivity index is 4.85. The van der Waals surface area contributed by atoms with Gasteiger partial charge >= 0.3 is 5.97 Å². The minimum atomic E-state index is -0.721. The maximum Gasteiger partial charge on any atom is 0.325 e. The zero-order chi connectivity index (χ0) is 14.3. The van der Waals surface area contributed by atoms with Gasteiger partial charge in [-0.1, -0.05) is 13.8 Å². The van der Waals surface area contributed by atoms with Crippen molar-refractivity contribution in [2.45, 2.75) is 40.7 Å². The lowest BCUT2D eigenvalue weighted by molar-refractivity contribution is -0.151. The Morgan fingerprint density at radius 2 is 1.83 bits per heavy atom. The molecule has 0 aromatic carbocycles. The normalized spacial score (nSPS) is 12.1. The van der Waals surface area contributed by atoms with Gasteiger partial charge in [-0.2, -0.15) is 5.26 Å². The molecule has 0 saturated carbocycles. The molecule has 0 aromatic rings. The molecule has 0 aliphatic rings. The molecule has 1 unspecified atom stereocenters. The van der Waals surface area contributed by atoms with E-state index in [2.05, 4.69) is 0 Å². The quantitative estimate of drug-likeness (QED) is 0.675. The monoisotopic (exact) mass is 254 g/mol. The van der Waals surface area contributed by atoms with Crippen molar-refractivity contribution in [1.29, 1.82) is 5.26 Å². The van der Waals surface area contributed by atoms with Crippen LogP contribution in [0, 0.1) is 23.2 Å². The Labute approximate surface area is 109 Å². The second kappa shape index (κ2) is 7.70. The summed E-state index contributed by atoms with van der Waals surface area (Å²) in [6.45, 7) is 9.15. The number of hydrogen-bond donors (Lipinski definition) is 0. The summed E-state index contributed by atoms with van der Waals surface area (Å²) in [5.41, 5.74) is 0. The van der Waals surface area contributed by atoms with Crippen LogP contribution in [0.3, 0.4) is 0 Å². The first kappa shape index (κ1) is 16.4. The fraction of sp³-hybridized carbons (Fsp3) is 0.769. The Bertz CT molecular complexity index is 332. The smallest absolute Gasteiger partial charge is 0.325 e. The number of carbonyl (C=O) groups excluding carboxylic acids is 2. The van der Waals surface area contributed by atoms with E-state index in [4.69, 9.17) is 10.00 Å². The standard InChI is InChI=1S/C13H22N2O3/c1-6-18-12(16)8-15(10(4)5)13(17)11(7-14)9(2)3/h9-11H,6,8H2,1-5H3. The first-order chi connectivity index (χ1) is 8.34. The number of esters is 1. The third-order valence-electron chi connectivity index (χ3n) is 2.58. The summed E-state index contributed by atoms with van der Waals surface area (Å²) in [7, 11) is 0. The predicted octanol–water partition coefficient (Wildman–Crippen LogP) is 1.58. The highest BCUT2D eigenvalue weighted by Gasteiger charge is 2.30. The minimum absolute atomic E-state index is 0.0778. The molecule has 0 saturated heterocycles. The maximum atomic E-state index is 12.2. The van der Waals surface area contributed by atoms with Gasteiger partial charge in [0.05, 0.1) is 12.7 Å². The number of nitriles is 1. The molecule has 0 aliphatic carbocycles. The van der Waals surface area contributed by atoms with E-state index in [9.17, 15) is 9.59 Å². The Hall–Kier alpha value is -1.57. The van der Waals surface area contributed by atoms with Crippen LogP contribution in [0.5, 0.6) is 0 Å². The van der Waals surface area contributed by atoms with Gasteiger partial charge in [-0.25, -0.2) is 0 Å². The molecular weight excluding hydrogens is 232 g/mol. The number of carbonyl (C=O) groups is 2. The number of nitrogens with zero attached hydrogens (tertiary/aromatic N) is 2. The molecule has 18 heavy (non-hydrogen) atoms.